The van der Waals surface area contributed by atoms with E-state index in [2.05, 4.69) is 30.1 Å². The van der Waals surface area contributed by atoms with Crippen LogP contribution < -0.4 is 10.2 Å². The molecule has 3 heterocycles. The molecule has 30 heavy (non-hydrogen) atoms. The van der Waals surface area contributed by atoms with E-state index in [1.807, 2.05) is 25.1 Å². The Kier molecular flexibility index (Phi) is 8.12. The zero-order valence-electron chi connectivity index (χ0n) is 18.2. The van der Waals surface area contributed by atoms with Crippen LogP contribution in [0.5, 0.6) is 0 Å². The lowest BCUT2D eigenvalue weighted by Crippen LogP contribution is -2.37. The molecular weight excluding hydrogens is 402 g/mol. The summed E-state index contributed by atoms with van der Waals surface area (Å²) in [5.74, 6) is 2.68. The third kappa shape index (κ3) is 6.45. The fourth-order valence-electron chi connectivity index (χ4n) is 2.94. The van der Waals surface area contributed by atoms with Crippen LogP contribution in [0.4, 0.5) is 5.82 Å². The zero-order valence-corrected chi connectivity index (χ0v) is 19.0. The van der Waals surface area contributed by atoms with Crippen LogP contribution in [0.25, 0.3) is 0 Å². The van der Waals surface area contributed by atoms with Crippen molar-refractivity contribution in [2.75, 3.05) is 58.4 Å². The Balaban J connectivity index is 1.63. The van der Waals surface area contributed by atoms with Crippen molar-refractivity contribution >= 4 is 23.5 Å². The Labute approximate surface area is 182 Å². The maximum Gasteiger partial charge on any atom is 0.287 e. The number of nitrogens with one attached hydrogen (secondary N) is 1. The molecule has 9 heteroatoms. The average molecular weight is 434 g/mol. The summed E-state index contributed by atoms with van der Waals surface area (Å²) in [7, 11) is 3.93. The number of rotatable bonds is 9. The Morgan fingerprint density at radius 1 is 1.27 bits per heavy atom. The Hall–Kier alpha value is -2.10. The Bertz CT molecular complexity index is 834. The molecule has 1 fully saturated rings. The van der Waals surface area contributed by atoms with Crippen molar-refractivity contribution in [3.8, 4) is 0 Å². The summed E-state index contributed by atoms with van der Waals surface area (Å²) >= 11 is 1.52. The van der Waals surface area contributed by atoms with Gasteiger partial charge < -0.3 is 24.3 Å². The van der Waals surface area contributed by atoms with E-state index in [0.717, 1.165) is 55.3 Å². The van der Waals surface area contributed by atoms with E-state index in [9.17, 15) is 4.79 Å². The number of morpholine rings is 1. The Morgan fingerprint density at radius 3 is 2.73 bits per heavy atom. The topological polar surface area (TPSA) is 83.7 Å². The molecule has 8 nitrogen and oxygen atoms in total. The van der Waals surface area contributed by atoms with Crippen LogP contribution in [-0.2, 0) is 10.5 Å². The summed E-state index contributed by atoms with van der Waals surface area (Å²) in [6.45, 7) is 8.74. The number of anilines is 1. The van der Waals surface area contributed by atoms with Crippen LogP contribution in [0.2, 0.25) is 0 Å². The van der Waals surface area contributed by atoms with E-state index in [4.69, 9.17) is 19.1 Å². The summed E-state index contributed by atoms with van der Waals surface area (Å²) < 4.78 is 11.2. The highest BCUT2D eigenvalue weighted by Crippen LogP contribution is 2.26. The van der Waals surface area contributed by atoms with Crippen LogP contribution in [0, 0.1) is 0 Å². The van der Waals surface area contributed by atoms with E-state index < -0.39 is 0 Å². The summed E-state index contributed by atoms with van der Waals surface area (Å²) in [4.78, 5) is 25.9. The van der Waals surface area contributed by atoms with Gasteiger partial charge in [0.15, 0.2) is 10.9 Å². The molecule has 0 unspecified atom stereocenters. The van der Waals surface area contributed by atoms with Crippen LogP contribution in [-0.4, -0.2) is 74.3 Å². The molecule has 1 amide bonds. The molecular formula is C21H31N5O3S. The van der Waals surface area contributed by atoms with Gasteiger partial charge in [-0.1, -0.05) is 25.6 Å². The fraction of sp³-hybridized carbons (Fsp3) is 0.571. The van der Waals surface area contributed by atoms with Gasteiger partial charge in [-0.2, -0.15) is 0 Å². The number of ether oxygens (including phenoxy) is 1. The van der Waals surface area contributed by atoms with Crippen LogP contribution >= 0.6 is 11.8 Å². The molecule has 1 saturated heterocycles. The van der Waals surface area contributed by atoms with Crippen molar-refractivity contribution < 1.29 is 13.9 Å². The van der Waals surface area contributed by atoms with E-state index in [1.54, 1.807) is 6.07 Å². The first kappa shape index (κ1) is 22.6. The van der Waals surface area contributed by atoms with Gasteiger partial charge in [-0.3, -0.25) is 4.79 Å². The normalized spacial score (nSPS) is 14.5. The largest absolute Gasteiger partial charge is 0.455 e. The first-order valence-electron chi connectivity index (χ1n) is 10.3. The molecule has 0 aromatic carbocycles. The molecule has 1 aliphatic heterocycles. The lowest BCUT2D eigenvalue weighted by Gasteiger charge is -2.28. The first-order valence-corrected chi connectivity index (χ1v) is 11.3. The Morgan fingerprint density at radius 2 is 2.03 bits per heavy atom. The second kappa shape index (κ2) is 10.8. The highest BCUT2D eigenvalue weighted by molar-refractivity contribution is 7.98. The third-order valence-corrected chi connectivity index (χ3v) is 5.58. The van der Waals surface area contributed by atoms with Crippen LogP contribution in [0.3, 0.4) is 0 Å². The molecule has 164 valence electrons. The molecule has 0 spiro atoms. The molecule has 0 radical (unpaired) electrons. The van der Waals surface area contributed by atoms with E-state index >= 15 is 0 Å². The van der Waals surface area contributed by atoms with Crippen molar-refractivity contribution in [3.05, 3.63) is 35.4 Å². The lowest BCUT2D eigenvalue weighted by atomic mass is 10.1. The van der Waals surface area contributed by atoms with Crippen molar-refractivity contribution in [2.45, 2.75) is 30.7 Å². The summed E-state index contributed by atoms with van der Waals surface area (Å²) in [5.41, 5.74) is 1.02. The fourth-order valence-corrected chi connectivity index (χ4v) is 3.69. The van der Waals surface area contributed by atoms with E-state index in [0.29, 0.717) is 24.0 Å². The lowest BCUT2D eigenvalue weighted by molar-refractivity contribution is 0.0922. The molecule has 0 aliphatic carbocycles. The molecule has 2 aromatic heterocycles. The molecule has 0 bridgehead atoms. The van der Waals surface area contributed by atoms with E-state index in [1.165, 1.54) is 11.8 Å². The SMILES string of the molecule is CC(C)c1cc(N2CCOCC2)nc(SCc2ccc(C(=O)NCCN(C)C)o2)n1. The molecule has 1 N–H and O–H groups in total. The zero-order chi connectivity index (χ0) is 21.5. The number of furan rings is 1. The van der Waals surface area contributed by atoms with Crippen molar-refractivity contribution in [2.24, 2.45) is 0 Å². The second-order valence-corrected chi connectivity index (χ2v) is 8.74. The van der Waals surface area contributed by atoms with E-state index in [-0.39, 0.29) is 5.91 Å². The minimum atomic E-state index is -0.194. The van der Waals surface area contributed by atoms with Crippen LogP contribution in [0.15, 0.2) is 27.8 Å². The first-order chi connectivity index (χ1) is 14.4. The summed E-state index contributed by atoms with van der Waals surface area (Å²) in [6, 6.07) is 5.62. The van der Waals surface area contributed by atoms with Gasteiger partial charge in [0, 0.05) is 37.9 Å². The number of amides is 1. The number of carbonyl (C=O) groups excluding carboxylic acids is 1. The van der Waals surface area contributed by atoms with Gasteiger partial charge in [0.2, 0.25) is 0 Å². The van der Waals surface area contributed by atoms with Crippen LogP contribution in [0.1, 0.15) is 41.8 Å². The van der Waals surface area contributed by atoms with Crippen molar-refractivity contribution in [1.29, 1.82) is 0 Å². The number of hydrogen-bond donors (Lipinski definition) is 1. The molecule has 3 rings (SSSR count). The number of likely N-dealkylation sites (N-methyl/N-ethyl adjacent to an activating group) is 1. The maximum atomic E-state index is 12.2. The minimum Gasteiger partial charge on any atom is -0.455 e. The quantitative estimate of drug-likeness (QED) is 0.477. The maximum absolute atomic E-state index is 12.2. The van der Waals surface area contributed by atoms with Gasteiger partial charge in [-0.15, -0.1) is 0 Å². The van der Waals surface area contributed by atoms with Gasteiger partial charge in [0.1, 0.15) is 11.6 Å². The number of thioether (sulfide) groups is 1. The highest BCUT2D eigenvalue weighted by atomic mass is 32.2. The predicted molar refractivity (Wildman–Crippen MR) is 118 cm³/mol. The van der Waals surface area contributed by atoms with Crippen molar-refractivity contribution in [1.82, 2.24) is 20.2 Å². The van der Waals surface area contributed by atoms with Gasteiger partial charge in [0.25, 0.3) is 5.91 Å². The summed E-state index contributed by atoms with van der Waals surface area (Å²) in [5, 5.41) is 3.58. The van der Waals surface area contributed by atoms with Gasteiger partial charge in [-0.05, 0) is 32.1 Å². The predicted octanol–water partition coefficient (Wildman–Crippen LogP) is 2.61. The number of carbonyl (C=O) groups is 1. The highest BCUT2D eigenvalue weighted by Gasteiger charge is 2.17. The minimum absolute atomic E-state index is 0.194. The third-order valence-electron chi connectivity index (χ3n) is 4.71. The number of aromatic nitrogens is 2. The monoisotopic (exact) mass is 433 g/mol. The standard InChI is InChI=1S/C21H31N5O3S/c1-15(2)17-13-19(26-9-11-28-12-10-26)24-21(23-17)30-14-16-5-6-18(29-16)20(27)22-7-8-25(3)4/h5-6,13,15H,7-12,14H2,1-4H3,(H,22,27). The van der Waals surface area contributed by atoms with Gasteiger partial charge >= 0.3 is 0 Å². The molecule has 0 atom stereocenters. The average Bonchev–Trinajstić information content (AvgIpc) is 3.21. The second-order valence-electron chi connectivity index (χ2n) is 7.80. The molecule has 2 aromatic rings. The molecule has 1 aliphatic rings. The number of hydrogen-bond acceptors (Lipinski definition) is 8. The number of nitrogens with zero attached hydrogens (tertiary/aromatic N) is 4. The smallest absolute Gasteiger partial charge is 0.287 e. The summed E-state index contributed by atoms with van der Waals surface area (Å²) in [6.07, 6.45) is 0. The van der Waals surface area contributed by atoms with Gasteiger partial charge in [0.05, 0.1) is 19.0 Å². The molecule has 0 saturated carbocycles. The van der Waals surface area contributed by atoms with Crippen molar-refractivity contribution in [3.63, 3.8) is 0 Å². The van der Waals surface area contributed by atoms with Gasteiger partial charge in [-0.25, -0.2) is 9.97 Å².